The second-order valence-electron chi connectivity index (χ2n) is 4.24. The van der Waals surface area contributed by atoms with E-state index in [1.54, 1.807) is 0 Å². The Hall–Kier alpha value is -0.400. The summed E-state index contributed by atoms with van der Waals surface area (Å²) in [5.74, 6) is -0.624. The number of sulfonamides is 1. The van der Waals surface area contributed by atoms with Gasteiger partial charge in [0.15, 0.2) is 0 Å². The van der Waals surface area contributed by atoms with Gasteiger partial charge < -0.3 is 5.32 Å². The average Bonchev–Trinajstić information content (AvgIpc) is 2.33. The van der Waals surface area contributed by atoms with Crippen LogP contribution in [0.1, 0.15) is 12.8 Å². The molecule has 1 fully saturated rings. The summed E-state index contributed by atoms with van der Waals surface area (Å²) in [5.41, 5.74) is 0. The standard InChI is InChI=1S/C11H14ClFN2O2S.ClH/c12-10-4-3-8(13)6-11(10)18(16,17)15-9-2-1-5-14-7-9;/h3-4,6,9,14-15H,1-2,5,7H2;1H/t9-;/m0./s1. The van der Waals surface area contributed by atoms with Gasteiger partial charge in [-0.05, 0) is 37.6 Å². The minimum absolute atomic E-state index is 0. The van der Waals surface area contributed by atoms with E-state index in [1.165, 1.54) is 6.07 Å². The summed E-state index contributed by atoms with van der Waals surface area (Å²) in [6.45, 7) is 1.46. The molecule has 1 aliphatic heterocycles. The highest BCUT2D eigenvalue weighted by Crippen LogP contribution is 2.22. The predicted octanol–water partition coefficient (Wildman–Crippen LogP) is 1.93. The fourth-order valence-electron chi connectivity index (χ4n) is 1.92. The molecule has 0 saturated carbocycles. The Balaban J connectivity index is 0.00000180. The molecule has 1 saturated heterocycles. The Labute approximate surface area is 123 Å². The minimum atomic E-state index is -3.78. The van der Waals surface area contributed by atoms with Crippen LogP contribution in [0.5, 0.6) is 0 Å². The normalized spacial score (nSPS) is 19.8. The maximum atomic E-state index is 13.1. The van der Waals surface area contributed by atoms with Crippen LogP contribution in [0.3, 0.4) is 0 Å². The number of rotatable bonds is 3. The third-order valence-electron chi connectivity index (χ3n) is 2.80. The average molecular weight is 329 g/mol. The molecule has 0 bridgehead atoms. The summed E-state index contributed by atoms with van der Waals surface area (Å²) < 4.78 is 39.8. The zero-order chi connectivity index (χ0) is 13.2. The lowest BCUT2D eigenvalue weighted by atomic mass is 10.1. The molecule has 2 rings (SSSR count). The van der Waals surface area contributed by atoms with Gasteiger partial charge in [-0.15, -0.1) is 12.4 Å². The van der Waals surface area contributed by atoms with E-state index in [0.29, 0.717) is 6.54 Å². The third kappa shape index (κ3) is 4.29. The molecule has 0 unspecified atom stereocenters. The molecule has 0 spiro atoms. The van der Waals surface area contributed by atoms with Crippen LogP contribution in [0.25, 0.3) is 0 Å². The van der Waals surface area contributed by atoms with E-state index in [1.807, 2.05) is 0 Å². The Morgan fingerprint density at radius 3 is 2.79 bits per heavy atom. The molecule has 108 valence electrons. The zero-order valence-corrected chi connectivity index (χ0v) is 12.4. The highest BCUT2D eigenvalue weighted by atomic mass is 35.5. The highest BCUT2D eigenvalue weighted by molar-refractivity contribution is 7.89. The van der Waals surface area contributed by atoms with Crippen molar-refractivity contribution in [2.45, 2.75) is 23.8 Å². The van der Waals surface area contributed by atoms with Crippen LogP contribution in [0.2, 0.25) is 5.02 Å². The van der Waals surface area contributed by atoms with E-state index in [-0.39, 0.29) is 28.4 Å². The van der Waals surface area contributed by atoms with E-state index in [0.717, 1.165) is 31.5 Å². The molecule has 4 nitrogen and oxygen atoms in total. The van der Waals surface area contributed by atoms with Crippen LogP contribution in [0.4, 0.5) is 4.39 Å². The Morgan fingerprint density at radius 1 is 1.42 bits per heavy atom. The van der Waals surface area contributed by atoms with Crippen LogP contribution in [0.15, 0.2) is 23.1 Å². The number of hydrogen-bond acceptors (Lipinski definition) is 3. The molecule has 0 aromatic heterocycles. The SMILES string of the molecule is Cl.O=S(=O)(N[C@H]1CCCNC1)c1cc(F)ccc1Cl. The first-order valence-electron chi connectivity index (χ1n) is 5.67. The van der Waals surface area contributed by atoms with Gasteiger partial charge in [0.25, 0.3) is 0 Å². The molecule has 2 N–H and O–H groups in total. The number of benzene rings is 1. The first-order valence-corrected chi connectivity index (χ1v) is 7.53. The number of halogens is 3. The van der Waals surface area contributed by atoms with Gasteiger partial charge in [0, 0.05) is 12.6 Å². The van der Waals surface area contributed by atoms with Crippen molar-refractivity contribution in [2.75, 3.05) is 13.1 Å². The smallest absolute Gasteiger partial charge is 0.242 e. The molecular formula is C11H15Cl2FN2O2S. The van der Waals surface area contributed by atoms with Crippen molar-refractivity contribution in [3.8, 4) is 0 Å². The molecule has 1 atom stereocenters. The maximum absolute atomic E-state index is 13.1. The van der Waals surface area contributed by atoms with E-state index in [9.17, 15) is 12.8 Å². The number of piperidine rings is 1. The summed E-state index contributed by atoms with van der Waals surface area (Å²) in [4.78, 5) is -0.213. The van der Waals surface area contributed by atoms with Gasteiger partial charge in [-0.1, -0.05) is 11.6 Å². The van der Waals surface area contributed by atoms with Crippen molar-refractivity contribution in [1.82, 2.24) is 10.0 Å². The quantitative estimate of drug-likeness (QED) is 0.891. The van der Waals surface area contributed by atoms with Gasteiger partial charge in [-0.2, -0.15) is 0 Å². The molecule has 19 heavy (non-hydrogen) atoms. The van der Waals surface area contributed by atoms with Crippen molar-refractivity contribution in [3.63, 3.8) is 0 Å². The minimum Gasteiger partial charge on any atom is -0.315 e. The largest absolute Gasteiger partial charge is 0.315 e. The lowest BCUT2D eigenvalue weighted by molar-refractivity contribution is 0.428. The molecule has 0 amide bonds. The molecule has 1 aliphatic rings. The first-order chi connectivity index (χ1) is 8.49. The number of hydrogen-bond donors (Lipinski definition) is 2. The van der Waals surface area contributed by atoms with Gasteiger partial charge >= 0.3 is 0 Å². The van der Waals surface area contributed by atoms with Crippen molar-refractivity contribution >= 4 is 34.0 Å². The fourth-order valence-corrected chi connectivity index (χ4v) is 3.70. The zero-order valence-electron chi connectivity index (χ0n) is 10.0. The van der Waals surface area contributed by atoms with Crippen molar-refractivity contribution in [2.24, 2.45) is 0 Å². The summed E-state index contributed by atoms with van der Waals surface area (Å²) in [6, 6.07) is 3.12. The van der Waals surface area contributed by atoms with Crippen LogP contribution in [-0.2, 0) is 10.0 Å². The molecule has 1 aromatic rings. The van der Waals surface area contributed by atoms with Crippen LogP contribution in [0, 0.1) is 5.82 Å². The Kier molecular flexibility index (Phi) is 6.01. The predicted molar refractivity (Wildman–Crippen MR) is 74.9 cm³/mol. The van der Waals surface area contributed by atoms with E-state index in [2.05, 4.69) is 10.0 Å². The van der Waals surface area contributed by atoms with E-state index >= 15 is 0 Å². The van der Waals surface area contributed by atoms with E-state index in [4.69, 9.17) is 11.6 Å². The Bertz CT molecular complexity index is 533. The van der Waals surface area contributed by atoms with Crippen LogP contribution >= 0.6 is 24.0 Å². The second-order valence-corrected chi connectivity index (χ2v) is 6.33. The van der Waals surface area contributed by atoms with Gasteiger partial charge in [0.1, 0.15) is 10.7 Å². The fraction of sp³-hybridized carbons (Fsp3) is 0.455. The Morgan fingerprint density at radius 2 is 2.16 bits per heavy atom. The molecule has 0 radical (unpaired) electrons. The molecule has 0 aliphatic carbocycles. The monoisotopic (exact) mass is 328 g/mol. The summed E-state index contributed by atoms with van der Waals surface area (Å²) in [6.07, 6.45) is 1.67. The van der Waals surface area contributed by atoms with Gasteiger partial charge in [-0.25, -0.2) is 17.5 Å². The maximum Gasteiger partial charge on any atom is 0.242 e. The highest BCUT2D eigenvalue weighted by Gasteiger charge is 2.24. The van der Waals surface area contributed by atoms with Crippen molar-refractivity contribution in [3.05, 3.63) is 29.0 Å². The molecule has 1 aromatic carbocycles. The van der Waals surface area contributed by atoms with E-state index < -0.39 is 15.8 Å². The van der Waals surface area contributed by atoms with Gasteiger partial charge in [-0.3, -0.25) is 0 Å². The topological polar surface area (TPSA) is 58.2 Å². The second kappa shape index (κ2) is 6.85. The lowest BCUT2D eigenvalue weighted by Gasteiger charge is -2.23. The van der Waals surface area contributed by atoms with Crippen LogP contribution < -0.4 is 10.0 Å². The molecule has 1 heterocycles. The van der Waals surface area contributed by atoms with Crippen LogP contribution in [-0.4, -0.2) is 27.5 Å². The lowest BCUT2D eigenvalue weighted by Crippen LogP contribution is -2.45. The molecular weight excluding hydrogens is 314 g/mol. The van der Waals surface area contributed by atoms with Gasteiger partial charge in [0.05, 0.1) is 5.02 Å². The van der Waals surface area contributed by atoms with Gasteiger partial charge in [0.2, 0.25) is 10.0 Å². The van der Waals surface area contributed by atoms with Crippen molar-refractivity contribution < 1.29 is 12.8 Å². The number of nitrogens with one attached hydrogen (secondary N) is 2. The van der Waals surface area contributed by atoms with Crippen molar-refractivity contribution in [1.29, 1.82) is 0 Å². The summed E-state index contributed by atoms with van der Waals surface area (Å²) in [7, 11) is -3.78. The summed E-state index contributed by atoms with van der Waals surface area (Å²) in [5, 5.41) is 3.12. The summed E-state index contributed by atoms with van der Waals surface area (Å²) >= 11 is 5.80. The third-order valence-corrected chi connectivity index (χ3v) is 4.80. The molecule has 8 heteroatoms. The first kappa shape index (κ1) is 16.7.